The van der Waals surface area contributed by atoms with Gasteiger partial charge in [0.25, 0.3) is 5.56 Å². The minimum absolute atomic E-state index is 0.0764. The number of hydrogen-bond acceptors (Lipinski definition) is 5. The van der Waals surface area contributed by atoms with E-state index in [0.717, 1.165) is 0 Å². The predicted octanol–water partition coefficient (Wildman–Crippen LogP) is -0.130. The standard InChI is InChI=1S/C9H9N3O3S/c10-6(9(14)15)3-12-4-11-7-5(8(12)13)1-2-16-7/h1-2,4,6H,3,10H2,(H,14,15). The van der Waals surface area contributed by atoms with Crippen molar-refractivity contribution in [2.45, 2.75) is 12.6 Å². The van der Waals surface area contributed by atoms with E-state index in [1.165, 1.54) is 22.2 Å². The molecule has 3 N–H and O–H groups in total. The van der Waals surface area contributed by atoms with Crippen LogP contribution in [0, 0.1) is 0 Å². The smallest absolute Gasteiger partial charge is 0.322 e. The summed E-state index contributed by atoms with van der Waals surface area (Å²) in [6.45, 7) is -0.0764. The summed E-state index contributed by atoms with van der Waals surface area (Å²) in [5, 5.41) is 10.9. The lowest BCUT2D eigenvalue weighted by Crippen LogP contribution is -2.38. The molecular formula is C9H9N3O3S. The van der Waals surface area contributed by atoms with Crippen LogP contribution in [0.2, 0.25) is 0 Å². The average Bonchev–Trinajstić information content (AvgIpc) is 2.70. The van der Waals surface area contributed by atoms with E-state index >= 15 is 0 Å². The third-order valence-corrected chi connectivity index (χ3v) is 2.98. The van der Waals surface area contributed by atoms with Gasteiger partial charge in [0.1, 0.15) is 10.9 Å². The Hall–Kier alpha value is -1.73. The second-order valence-electron chi connectivity index (χ2n) is 3.29. The first-order chi connectivity index (χ1) is 7.59. The number of nitrogens with zero attached hydrogens (tertiary/aromatic N) is 2. The molecule has 0 amide bonds. The average molecular weight is 239 g/mol. The third kappa shape index (κ3) is 1.82. The van der Waals surface area contributed by atoms with Gasteiger partial charge in [-0.15, -0.1) is 11.3 Å². The fourth-order valence-corrected chi connectivity index (χ4v) is 2.04. The molecule has 16 heavy (non-hydrogen) atoms. The van der Waals surface area contributed by atoms with Crippen LogP contribution in [0.25, 0.3) is 10.2 Å². The lowest BCUT2D eigenvalue weighted by Gasteiger charge is -2.08. The first-order valence-corrected chi connectivity index (χ1v) is 5.38. The molecule has 0 aliphatic heterocycles. The molecule has 7 heteroatoms. The molecule has 0 aliphatic rings. The molecule has 0 saturated carbocycles. The van der Waals surface area contributed by atoms with E-state index in [-0.39, 0.29) is 12.1 Å². The van der Waals surface area contributed by atoms with Crippen LogP contribution in [0.3, 0.4) is 0 Å². The van der Waals surface area contributed by atoms with Gasteiger partial charge in [-0.2, -0.15) is 0 Å². The first kappa shape index (κ1) is 10.8. The molecule has 0 fully saturated rings. The van der Waals surface area contributed by atoms with Crippen LogP contribution in [0.5, 0.6) is 0 Å². The first-order valence-electron chi connectivity index (χ1n) is 4.50. The van der Waals surface area contributed by atoms with Crippen molar-refractivity contribution >= 4 is 27.5 Å². The minimum atomic E-state index is -1.14. The van der Waals surface area contributed by atoms with Gasteiger partial charge in [-0.05, 0) is 11.4 Å². The monoisotopic (exact) mass is 239 g/mol. The van der Waals surface area contributed by atoms with E-state index in [4.69, 9.17) is 10.8 Å². The summed E-state index contributed by atoms with van der Waals surface area (Å²) in [6, 6.07) is 0.563. The van der Waals surface area contributed by atoms with E-state index in [1.54, 1.807) is 11.4 Å². The molecule has 1 atom stereocenters. The number of aliphatic carboxylic acids is 1. The van der Waals surface area contributed by atoms with E-state index in [9.17, 15) is 9.59 Å². The number of fused-ring (bicyclic) bond motifs is 1. The van der Waals surface area contributed by atoms with Crippen molar-refractivity contribution in [1.29, 1.82) is 0 Å². The Balaban J connectivity index is 2.42. The summed E-state index contributed by atoms with van der Waals surface area (Å²) in [5.41, 5.74) is 5.09. The molecule has 0 spiro atoms. The van der Waals surface area contributed by atoms with Gasteiger partial charge in [0.15, 0.2) is 0 Å². The molecule has 2 heterocycles. The zero-order chi connectivity index (χ0) is 11.7. The summed E-state index contributed by atoms with van der Waals surface area (Å²) in [4.78, 5) is 27.1. The fourth-order valence-electron chi connectivity index (χ4n) is 1.31. The highest BCUT2D eigenvalue weighted by molar-refractivity contribution is 7.16. The number of hydrogen-bond donors (Lipinski definition) is 2. The maximum Gasteiger partial charge on any atom is 0.322 e. The van der Waals surface area contributed by atoms with Crippen molar-refractivity contribution in [2.75, 3.05) is 0 Å². The van der Waals surface area contributed by atoms with Crippen LogP contribution >= 0.6 is 11.3 Å². The Morgan fingerprint density at radius 1 is 1.69 bits per heavy atom. The molecule has 2 aromatic heterocycles. The van der Waals surface area contributed by atoms with Crippen LogP contribution < -0.4 is 11.3 Å². The third-order valence-electron chi connectivity index (χ3n) is 2.16. The lowest BCUT2D eigenvalue weighted by atomic mass is 10.3. The Bertz CT molecular complexity index is 589. The molecule has 84 valence electrons. The van der Waals surface area contributed by atoms with E-state index in [2.05, 4.69) is 4.98 Å². The zero-order valence-electron chi connectivity index (χ0n) is 8.16. The molecule has 2 rings (SSSR count). The predicted molar refractivity (Wildman–Crippen MR) is 59.5 cm³/mol. The highest BCUT2D eigenvalue weighted by Gasteiger charge is 2.14. The summed E-state index contributed by atoms with van der Waals surface area (Å²) in [5.74, 6) is -1.14. The summed E-state index contributed by atoms with van der Waals surface area (Å²) in [6.07, 6.45) is 1.32. The normalized spacial score (nSPS) is 12.8. The second kappa shape index (κ2) is 4.03. The van der Waals surface area contributed by atoms with Crippen LogP contribution in [-0.2, 0) is 11.3 Å². The van der Waals surface area contributed by atoms with Crippen molar-refractivity contribution < 1.29 is 9.90 Å². The van der Waals surface area contributed by atoms with Gasteiger partial charge in [0.2, 0.25) is 0 Å². The quantitative estimate of drug-likeness (QED) is 0.777. The SMILES string of the molecule is NC(Cn1cnc2sccc2c1=O)C(=O)O. The number of carboxylic acids is 1. The van der Waals surface area contributed by atoms with E-state index in [1.807, 2.05) is 0 Å². The largest absolute Gasteiger partial charge is 0.480 e. The Kier molecular flexibility index (Phi) is 2.71. The Labute approximate surface area is 94.0 Å². The van der Waals surface area contributed by atoms with Crippen molar-refractivity contribution in [3.05, 3.63) is 28.1 Å². The Morgan fingerprint density at radius 2 is 2.44 bits per heavy atom. The number of carbonyl (C=O) groups is 1. The van der Waals surface area contributed by atoms with E-state index in [0.29, 0.717) is 10.2 Å². The number of aromatic nitrogens is 2. The van der Waals surface area contributed by atoms with Crippen LogP contribution in [0.15, 0.2) is 22.6 Å². The minimum Gasteiger partial charge on any atom is -0.480 e. The summed E-state index contributed by atoms with van der Waals surface area (Å²) in [7, 11) is 0. The van der Waals surface area contributed by atoms with E-state index < -0.39 is 12.0 Å². The molecule has 0 saturated heterocycles. The van der Waals surface area contributed by atoms with Crippen LogP contribution in [-0.4, -0.2) is 26.7 Å². The van der Waals surface area contributed by atoms with Gasteiger partial charge in [0.05, 0.1) is 18.3 Å². The maximum atomic E-state index is 11.8. The molecular weight excluding hydrogens is 230 g/mol. The molecule has 1 unspecified atom stereocenters. The van der Waals surface area contributed by atoms with Crippen LogP contribution in [0.1, 0.15) is 0 Å². The summed E-state index contributed by atoms with van der Waals surface area (Å²) < 4.78 is 1.22. The topological polar surface area (TPSA) is 98.2 Å². The van der Waals surface area contributed by atoms with Crippen molar-refractivity contribution in [3.8, 4) is 0 Å². The van der Waals surface area contributed by atoms with Crippen molar-refractivity contribution in [3.63, 3.8) is 0 Å². The van der Waals surface area contributed by atoms with Gasteiger partial charge >= 0.3 is 5.97 Å². The Morgan fingerprint density at radius 3 is 3.12 bits per heavy atom. The fraction of sp³-hybridized carbons (Fsp3) is 0.222. The van der Waals surface area contributed by atoms with Crippen molar-refractivity contribution in [1.82, 2.24) is 9.55 Å². The highest BCUT2D eigenvalue weighted by Crippen LogP contribution is 2.13. The van der Waals surface area contributed by atoms with Gasteiger partial charge in [-0.3, -0.25) is 14.2 Å². The number of rotatable bonds is 3. The molecule has 0 aliphatic carbocycles. The maximum absolute atomic E-state index is 11.8. The molecule has 6 nitrogen and oxygen atoms in total. The molecule has 0 radical (unpaired) electrons. The van der Waals surface area contributed by atoms with Gasteiger partial charge in [0, 0.05) is 0 Å². The zero-order valence-corrected chi connectivity index (χ0v) is 8.98. The number of nitrogens with two attached hydrogens (primary N) is 1. The molecule has 0 bridgehead atoms. The highest BCUT2D eigenvalue weighted by atomic mass is 32.1. The number of thiophene rings is 1. The molecule has 0 aromatic carbocycles. The molecule has 2 aromatic rings. The summed E-state index contributed by atoms with van der Waals surface area (Å²) >= 11 is 1.36. The number of carboxylic acid groups (broad SMARTS) is 1. The van der Waals surface area contributed by atoms with Crippen molar-refractivity contribution in [2.24, 2.45) is 5.73 Å². The second-order valence-corrected chi connectivity index (χ2v) is 4.18. The van der Waals surface area contributed by atoms with Gasteiger partial charge < -0.3 is 10.8 Å². The lowest BCUT2D eigenvalue weighted by molar-refractivity contribution is -0.138. The van der Waals surface area contributed by atoms with Crippen LogP contribution in [0.4, 0.5) is 0 Å². The van der Waals surface area contributed by atoms with Gasteiger partial charge in [-0.25, -0.2) is 4.98 Å². The van der Waals surface area contributed by atoms with Gasteiger partial charge in [-0.1, -0.05) is 0 Å².